The molecule has 0 bridgehead atoms. The number of nitrogens with zero attached hydrogens (tertiary/aromatic N) is 2. The largest absolute Gasteiger partial charge is 0.389 e. The molecule has 3 N–H and O–H groups in total. The van der Waals surface area contributed by atoms with Gasteiger partial charge in [0.2, 0.25) is 0 Å². The first-order chi connectivity index (χ1) is 9.20. The van der Waals surface area contributed by atoms with Crippen LogP contribution in [0.5, 0.6) is 0 Å². The third-order valence-electron chi connectivity index (χ3n) is 3.54. The van der Waals surface area contributed by atoms with Gasteiger partial charge in [-0.05, 0) is 37.9 Å². The highest BCUT2D eigenvalue weighted by Crippen LogP contribution is 2.18. The summed E-state index contributed by atoms with van der Waals surface area (Å²) in [6, 6.07) is 4.25. The number of likely N-dealkylation sites (tertiary alicyclic amines) is 1. The fourth-order valence-electron chi connectivity index (χ4n) is 2.53. The van der Waals surface area contributed by atoms with Crippen LogP contribution in [0.1, 0.15) is 31.7 Å². The van der Waals surface area contributed by atoms with E-state index in [1.807, 2.05) is 12.1 Å². The molecule has 1 aromatic rings. The Hall–Kier alpha value is -1.20. The zero-order chi connectivity index (χ0) is 13.7. The van der Waals surface area contributed by atoms with Crippen LogP contribution in [0.3, 0.4) is 0 Å². The Kier molecular flexibility index (Phi) is 5.10. The van der Waals surface area contributed by atoms with Crippen molar-refractivity contribution in [1.82, 2.24) is 9.88 Å². The lowest BCUT2D eigenvalue weighted by atomic mass is 10.0. The molecule has 19 heavy (non-hydrogen) atoms. The summed E-state index contributed by atoms with van der Waals surface area (Å²) >= 11 is 5.06. The second kappa shape index (κ2) is 6.82. The molecule has 4 nitrogen and oxygen atoms in total. The number of nitrogens with two attached hydrogens (primary N) is 1. The lowest BCUT2D eigenvalue weighted by Crippen LogP contribution is -2.39. The molecule has 1 saturated heterocycles. The third-order valence-corrected chi connectivity index (χ3v) is 3.76. The van der Waals surface area contributed by atoms with Crippen LogP contribution in [0.15, 0.2) is 18.3 Å². The van der Waals surface area contributed by atoms with Crippen molar-refractivity contribution in [2.75, 3.05) is 25.0 Å². The summed E-state index contributed by atoms with van der Waals surface area (Å²) in [5, 5.41) is 3.49. The van der Waals surface area contributed by atoms with Crippen molar-refractivity contribution >= 4 is 23.0 Å². The second-order valence-electron chi connectivity index (χ2n) is 5.02. The molecule has 1 aromatic heterocycles. The van der Waals surface area contributed by atoms with Gasteiger partial charge in [-0.1, -0.05) is 19.1 Å². The van der Waals surface area contributed by atoms with Gasteiger partial charge in [0.25, 0.3) is 0 Å². The molecule has 0 aromatic carbocycles. The van der Waals surface area contributed by atoms with Crippen molar-refractivity contribution in [1.29, 1.82) is 0 Å². The highest BCUT2D eigenvalue weighted by molar-refractivity contribution is 7.80. The Bertz CT molecular complexity index is 427. The quantitative estimate of drug-likeness (QED) is 0.807. The molecule has 0 spiro atoms. The SMILES string of the molecule is CCCN1CCC(Nc2ncccc2C(N)=S)CC1. The second-order valence-corrected chi connectivity index (χ2v) is 5.46. The topological polar surface area (TPSA) is 54.2 Å². The summed E-state index contributed by atoms with van der Waals surface area (Å²) in [4.78, 5) is 7.28. The summed E-state index contributed by atoms with van der Waals surface area (Å²) in [5.41, 5.74) is 6.57. The van der Waals surface area contributed by atoms with Crippen molar-refractivity contribution in [3.05, 3.63) is 23.9 Å². The number of thiocarbonyl (C=S) groups is 1. The van der Waals surface area contributed by atoms with Gasteiger partial charge in [0.15, 0.2) is 0 Å². The van der Waals surface area contributed by atoms with Crippen LogP contribution >= 0.6 is 12.2 Å². The molecule has 1 fully saturated rings. The zero-order valence-electron chi connectivity index (χ0n) is 11.4. The van der Waals surface area contributed by atoms with Gasteiger partial charge in [-0.25, -0.2) is 4.98 Å². The first kappa shape index (κ1) is 14.2. The minimum Gasteiger partial charge on any atom is -0.389 e. The summed E-state index contributed by atoms with van der Waals surface area (Å²) in [5.74, 6) is 0.823. The Morgan fingerprint density at radius 3 is 2.89 bits per heavy atom. The summed E-state index contributed by atoms with van der Waals surface area (Å²) in [6.45, 7) is 5.74. The summed E-state index contributed by atoms with van der Waals surface area (Å²) in [7, 11) is 0. The minimum atomic E-state index is 0.402. The van der Waals surface area contributed by atoms with E-state index in [1.165, 1.54) is 13.0 Å². The molecule has 0 aliphatic carbocycles. The number of nitrogens with one attached hydrogen (secondary N) is 1. The van der Waals surface area contributed by atoms with Crippen molar-refractivity contribution in [3.8, 4) is 0 Å². The van der Waals surface area contributed by atoms with Gasteiger partial charge in [0.1, 0.15) is 10.8 Å². The predicted molar refractivity (Wildman–Crippen MR) is 83.5 cm³/mol. The molecular weight excluding hydrogens is 256 g/mol. The Morgan fingerprint density at radius 1 is 1.53 bits per heavy atom. The molecule has 0 amide bonds. The zero-order valence-corrected chi connectivity index (χ0v) is 12.2. The van der Waals surface area contributed by atoms with E-state index in [1.54, 1.807) is 6.20 Å². The van der Waals surface area contributed by atoms with Gasteiger partial charge in [0, 0.05) is 25.3 Å². The maximum absolute atomic E-state index is 5.72. The number of aromatic nitrogens is 1. The van der Waals surface area contributed by atoms with E-state index in [0.717, 1.165) is 37.3 Å². The molecule has 0 unspecified atom stereocenters. The highest BCUT2D eigenvalue weighted by Gasteiger charge is 2.19. The Morgan fingerprint density at radius 2 is 2.26 bits per heavy atom. The van der Waals surface area contributed by atoms with Crippen molar-refractivity contribution < 1.29 is 0 Å². The van der Waals surface area contributed by atoms with Crippen LogP contribution in [-0.4, -0.2) is 40.5 Å². The third kappa shape index (κ3) is 3.88. The van der Waals surface area contributed by atoms with Gasteiger partial charge in [0.05, 0.1) is 5.56 Å². The smallest absolute Gasteiger partial charge is 0.136 e. The molecule has 1 aliphatic heterocycles. The predicted octanol–water partition coefficient (Wildman–Crippen LogP) is 2.00. The van der Waals surface area contributed by atoms with E-state index in [4.69, 9.17) is 18.0 Å². The van der Waals surface area contributed by atoms with E-state index in [9.17, 15) is 0 Å². The molecule has 2 heterocycles. The monoisotopic (exact) mass is 278 g/mol. The van der Waals surface area contributed by atoms with Gasteiger partial charge in [-0.3, -0.25) is 0 Å². The molecule has 2 rings (SSSR count). The first-order valence-corrected chi connectivity index (χ1v) is 7.35. The highest BCUT2D eigenvalue weighted by atomic mass is 32.1. The molecule has 0 atom stereocenters. The van der Waals surface area contributed by atoms with Crippen LogP contribution in [0.25, 0.3) is 0 Å². The van der Waals surface area contributed by atoms with E-state index < -0.39 is 0 Å². The first-order valence-electron chi connectivity index (χ1n) is 6.94. The van der Waals surface area contributed by atoms with Crippen LogP contribution in [0, 0.1) is 0 Å². The molecule has 0 radical (unpaired) electrons. The minimum absolute atomic E-state index is 0.402. The number of hydrogen-bond acceptors (Lipinski definition) is 4. The maximum Gasteiger partial charge on any atom is 0.136 e. The fraction of sp³-hybridized carbons (Fsp3) is 0.571. The normalized spacial score (nSPS) is 17.3. The van der Waals surface area contributed by atoms with Crippen molar-refractivity contribution in [2.24, 2.45) is 5.73 Å². The summed E-state index contributed by atoms with van der Waals surface area (Å²) < 4.78 is 0. The van der Waals surface area contributed by atoms with Crippen LogP contribution in [0.4, 0.5) is 5.82 Å². The van der Waals surface area contributed by atoms with Crippen LogP contribution in [-0.2, 0) is 0 Å². The summed E-state index contributed by atoms with van der Waals surface area (Å²) in [6.07, 6.45) is 5.29. The number of anilines is 1. The van der Waals surface area contributed by atoms with E-state index in [0.29, 0.717) is 11.0 Å². The van der Waals surface area contributed by atoms with Crippen molar-refractivity contribution in [3.63, 3.8) is 0 Å². The molecule has 1 aliphatic rings. The standard InChI is InChI=1S/C14H22N4S/c1-2-8-18-9-5-11(6-10-18)17-14-12(13(15)19)4-3-7-16-14/h3-4,7,11H,2,5-6,8-10H2,1H3,(H2,15,19)(H,16,17). The van der Waals surface area contributed by atoms with Gasteiger partial charge in [-0.2, -0.15) is 0 Å². The number of rotatable bonds is 5. The van der Waals surface area contributed by atoms with Crippen LogP contribution in [0.2, 0.25) is 0 Å². The average molecular weight is 278 g/mol. The van der Waals surface area contributed by atoms with Gasteiger partial charge in [-0.15, -0.1) is 0 Å². The lowest BCUT2D eigenvalue weighted by molar-refractivity contribution is 0.219. The van der Waals surface area contributed by atoms with E-state index in [-0.39, 0.29) is 0 Å². The Labute approximate surface area is 120 Å². The van der Waals surface area contributed by atoms with Crippen LogP contribution < -0.4 is 11.1 Å². The number of hydrogen-bond donors (Lipinski definition) is 2. The number of piperidine rings is 1. The van der Waals surface area contributed by atoms with Gasteiger partial charge >= 0.3 is 0 Å². The molecule has 5 heteroatoms. The van der Waals surface area contributed by atoms with E-state index >= 15 is 0 Å². The molecular formula is C14H22N4S. The Balaban J connectivity index is 1.94. The molecule has 104 valence electrons. The molecule has 0 saturated carbocycles. The van der Waals surface area contributed by atoms with Crippen molar-refractivity contribution in [2.45, 2.75) is 32.2 Å². The maximum atomic E-state index is 5.72. The fourth-order valence-corrected chi connectivity index (χ4v) is 2.69. The van der Waals surface area contributed by atoms with E-state index in [2.05, 4.69) is 22.1 Å². The average Bonchev–Trinajstić information content (AvgIpc) is 2.42. The lowest BCUT2D eigenvalue weighted by Gasteiger charge is -2.32. The van der Waals surface area contributed by atoms with Gasteiger partial charge < -0.3 is 16.0 Å². The number of pyridine rings is 1.